The fraction of sp³-hybridized carbons (Fsp3) is 0.167. The third-order valence-corrected chi connectivity index (χ3v) is 4.43. The maximum Gasteiger partial charge on any atom is 0.307 e. The van der Waals surface area contributed by atoms with Crippen molar-refractivity contribution in [3.8, 4) is 11.5 Å². The molecule has 0 spiro atoms. The number of aliphatic carboxylic acids is 1. The Bertz CT molecular complexity index is 929. The number of hydrogen-bond donors (Lipinski definition) is 3. The van der Waals surface area contributed by atoms with E-state index in [1.807, 2.05) is 11.5 Å². The van der Waals surface area contributed by atoms with E-state index in [1.165, 1.54) is 6.07 Å². The van der Waals surface area contributed by atoms with Gasteiger partial charge in [0.15, 0.2) is 0 Å². The highest BCUT2D eigenvalue weighted by Gasteiger charge is 2.18. The number of halogens is 1. The van der Waals surface area contributed by atoms with Crippen LogP contribution in [-0.4, -0.2) is 25.9 Å². The van der Waals surface area contributed by atoms with Crippen molar-refractivity contribution in [1.82, 2.24) is 4.57 Å². The van der Waals surface area contributed by atoms with Crippen molar-refractivity contribution in [3.05, 3.63) is 58.2 Å². The molecule has 1 heterocycles. The zero-order chi connectivity index (χ0) is 17.4. The first-order chi connectivity index (χ1) is 11.4. The zero-order valence-electron chi connectivity index (χ0n) is 13.0. The molecule has 0 aliphatic rings. The number of fused-ring (bicyclic) bond motifs is 1. The number of hydrogen-bond acceptors (Lipinski definition) is 3. The molecular weight excluding hydrogens is 330 g/mol. The van der Waals surface area contributed by atoms with Gasteiger partial charge in [0.2, 0.25) is 0 Å². The minimum absolute atomic E-state index is 0.0717. The van der Waals surface area contributed by atoms with Crippen LogP contribution in [0.3, 0.4) is 0 Å². The molecule has 24 heavy (non-hydrogen) atoms. The number of carboxylic acids is 1. The van der Waals surface area contributed by atoms with E-state index in [0.717, 1.165) is 16.8 Å². The second-order valence-corrected chi connectivity index (χ2v) is 6.12. The number of phenolic OH excluding ortho intramolecular Hbond substituents is 2. The average molecular weight is 346 g/mol. The molecule has 5 nitrogen and oxygen atoms in total. The SMILES string of the molecule is Cc1c(CC(=O)O)c2cc(O)c(Cl)cc2n1Cc1ccc(O)cc1. The Morgan fingerprint density at radius 2 is 1.83 bits per heavy atom. The van der Waals surface area contributed by atoms with Crippen molar-refractivity contribution in [2.45, 2.75) is 19.9 Å². The van der Waals surface area contributed by atoms with Crippen LogP contribution in [0, 0.1) is 6.92 Å². The van der Waals surface area contributed by atoms with Gasteiger partial charge in [-0.05, 0) is 42.3 Å². The van der Waals surface area contributed by atoms with Crippen LogP contribution in [0.5, 0.6) is 11.5 Å². The summed E-state index contributed by atoms with van der Waals surface area (Å²) >= 11 is 6.04. The van der Waals surface area contributed by atoms with Crippen molar-refractivity contribution >= 4 is 28.5 Å². The summed E-state index contributed by atoms with van der Waals surface area (Å²) in [5.41, 5.74) is 3.18. The Kier molecular flexibility index (Phi) is 4.11. The summed E-state index contributed by atoms with van der Waals surface area (Å²) in [5.74, 6) is -0.818. The number of aromatic hydroxyl groups is 2. The van der Waals surface area contributed by atoms with Crippen molar-refractivity contribution in [3.63, 3.8) is 0 Å². The van der Waals surface area contributed by atoms with Crippen molar-refractivity contribution in [1.29, 1.82) is 0 Å². The number of carbonyl (C=O) groups is 1. The molecule has 0 unspecified atom stereocenters. The Balaban J connectivity index is 2.18. The lowest BCUT2D eigenvalue weighted by molar-refractivity contribution is -0.136. The third-order valence-electron chi connectivity index (χ3n) is 4.13. The molecule has 0 aliphatic heterocycles. The average Bonchev–Trinajstić information content (AvgIpc) is 2.75. The van der Waals surface area contributed by atoms with Gasteiger partial charge < -0.3 is 19.9 Å². The Morgan fingerprint density at radius 3 is 2.46 bits per heavy atom. The van der Waals surface area contributed by atoms with Gasteiger partial charge in [-0.1, -0.05) is 23.7 Å². The number of phenols is 2. The molecule has 0 amide bonds. The highest BCUT2D eigenvalue weighted by molar-refractivity contribution is 6.32. The molecule has 0 saturated carbocycles. The van der Waals surface area contributed by atoms with E-state index >= 15 is 0 Å². The molecule has 6 heteroatoms. The summed E-state index contributed by atoms with van der Waals surface area (Å²) in [4.78, 5) is 11.2. The molecule has 3 N–H and O–H groups in total. The lowest BCUT2D eigenvalue weighted by Crippen LogP contribution is -2.05. The van der Waals surface area contributed by atoms with Crippen LogP contribution in [0.25, 0.3) is 10.9 Å². The molecule has 0 atom stereocenters. The van der Waals surface area contributed by atoms with Gasteiger partial charge in [-0.3, -0.25) is 4.79 Å². The lowest BCUT2D eigenvalue weighted by Gasteiger charge is -2.09. The molecule has 2 aromatic carbocycles. The molecule has 0 aliphatic carbocycles. The second kappa shape index (κ2) is 6.09. The summed E-state index contributed by atoms with van der Waals surface area (Å²) in [5, 5.41) is 29.4. The summed E-state index contributed by atoms with van der Waals surface area (Å²) in [6, 6.07) is 9.97. The Labute approximate surface area is 143 Å². The monoisotopic (exact) mass is 345 g/mol. The van der Waals surface area contributed by atoms with Gasteiger partial charge >= 0.3 is 5.97 Å². The normalized spacial score (nSPS) is 11.1. The number of carboxylic acid groups (broad SMARTS) is 1. The number of nitrogens with zero attached hydrogens (tertiary/aromatic N) is 1. The number of rotatable bonds is 4. The van der Waals surface area contributed by atoms with E-state index in [0.29, 0.717) is 17.5 Å². The quantitative estimate of drug-likeness (QED) is 0.673. The predicted octanol–water partition coefficient (Wildman–Crippen LogP) is 3.69. The van der Waals surface area contributed by atoms with Crippen molar-refractivity contribution in [2.75, 3.05) is 0 Å². The first-order valence-corrected chi connectivity index (χ1v) is 7.74. The van der Waals surface area contributed by atoms with E-state index in [4.69, 9.17) is 11.6 Å². The number of benzene rings is 2. The fourth-order valence-electron chi connectivity index (χ4n) is 2.92. The second-order valence-electron chi connectivity index (χ2n) is 5.71. The molecule has 0 bridgehead atoms. The smallest absolute Gasteiger partial charge is 0.307 e. The molecule has 3 rings (SSSR count). The van der Waals surface area contributed by atoms with E-state index in [2.05, 4.69) is 0 Å². The lowest BCUT2D eigenvalue weighted by atomic mass is 10.1. The first-order valence-electron chi connectivity index (χ1n) is 7.36. The van der Waals surface area contributed by atoms with Crippen LogP contribution in [0.15, 0.2) is 36.4 Å². The fourth-order valence-corrected chi connectivity index (χ4v) is 3.07. The van der Waals surface area contributed by atoms with Crippen LogP contribution < -0.4 is 0 Å². The standard InChI is InChI=1S/C18H16ClNO4/c1-10-13(7-18(23)24)14-6-17(22)15(19)8-16(14)20(10)9-11-2-4-12(21)5-3-11/h2-6,8,21-22H,7,9H2,1H3,(H,23,24). The van der Waals surface area contributed by atoms with E-state index in [9.17, 15) is 20.1 Å². The minimum atomic E-state index is -0.934. The van der Waals surface area contributed by atoms with Crippen LogP contribution in [-0.2, 0) is 17.8 Å². The third kappa shape index (κ3) is 2.90. The molecule has 0 radical (unpaired) electrons. The van der Waals surface area contributed by atoms with Crippen LogP contribution in [0.4, 0.5) is 0 Å². The summed E-state index contributed by atoms with van der Waals surface area (Å²) < 4.78 is 1.96. The van der Waals surface area contributed by atoms with E-state index in [1.54, 1.807) is 30.3 Å². The van der Waals surface area contributed by atoms with Gasteiger partial charge in [0.05, 0.1) is 17.0 Å². The van der Waals surface area contributed by atoms with Crippen LogP contribution in [0.2, 0.25) is 5.02 Å². The van der Waals surface area contributed by atoms with Gasteiger partial charge in [0.1, 0.15) is 11.5 Å². The first kappa shape index (κ1) is 16.2. The maximum atomic E-state index is 11.2. The molecule has 0 saturated heterocycles. The minimum Gasteiger partial charge on any atom is -0.508 e. The van der Waals surface area contributed by atoms with Crippen LogP contribution >= 0.6 is 11.6 Å². The van der Waals surface area contributed by atoms with Crippen molar-refractivity contribution < 1.29 is 20.1 Å². The van der Waals surface area contributed by atoms with Gasteiger partial charge in [0.25, 0.3) is 0 Å². The molecule has 0 fully saturated rings. The van der Waals surface area contributed by atoms with Gasteiger partial charge in [-0.2, -0.15) is 0 Å². The Hall–Kier alpha value is -2.66. The van der Waals surface area contributed by atoms with Crippen LogP contribution in [0.1, 0.15) is 16.8 Å². The summed E-state index contributed by atoms with van der Waals surface area (Å²) in [7, 11) is 0. The van der Waals surface area contributed by atoms with E-state index < -0.39 is 5.97 Å². The molecule has 124 valence electrons. The maximum absolute atomic E-state index is 11.2. The van der Waals surface area contributed by atoms with Crippen molar-refractivity contribution in [2.24, 2.45) is 0 Å². The number of aromatic nitrogens is 1. The van der Waals surface area contributed by atoms with Gasteiger partial charge in [-0.15, -0.1) is 0 Å². The predicted molar refractivity (Wildman–Crippen MR) is 91.9 cm³/mol. The zero-order valence-corrected chi connectivity index (χ0v) is 13.7. The molecule has 3 aromatic rings. The summed E-state index contributed by atoms with van der Waals surface area (Å²) in [6.45, 7) is 2.35. The Morgan fingerprint density at radius 1 is 1.17 bits per heavy atom. The van der Waals surface area contributed by atoms with E-state index in [-0.39, 0.29) is 22.9 Å². The highest BCUT2D eigenvalue weighted by Crippen LogP contribution is 2.35. The molecule has 1 aromatic heterocycles. The summed E-state index contributed by atoms with van der Waals surface area (Å²) in [6.07, 6.45) is -0.133. The topological polar surface area (TPSA) is 82.7 Å². The van der Waals surface area contributed by atoms with Gasteiger partial charge in [0, 0.05) is 17.6 Å². The largest absolute Gasteiger partial charge is 0.508 e. The highest BCUT2D eigenvalue weighted by atomic mass is 35.5. The molecular formula is C18H16ClNO4. The van der Waals surface area contributed by atoms with Gasteiger partial charge in [-0.25, -0.2) is 0 Å².